The standard InChI is InChI=1S/C9H6F2O3/c1-14-9(13)6-3-2-5(4-12)7(10)8(6)11/h2-4H,1H3. The molecule has 0 aromatic heterocycles. The smallest absolute Gasteiger partial charge is 0.340 e. The number of halogens is 2. The summed E-state index contributed by atoms with van der Waals surface area (Å²) in [5.41, 5.74) is -0.967. The quantitative estimate of drug-likeness (QED) is 0.537. The summed E-state index contributed by atoms with van der Waals surface area (Å²) in [5, 5.41) is 0. The number of aldehydes is 1. The lowest BCUT2D eigenvalue weighted by Crippen LogP contribution is -2.07. The predicted octanol–water partition coefficient (Wildman–Crippen LogP) is 1.56. The molecule has 1 aromatic carbocycles. The minimum Gasteiger partial charge on any atom is -0.465 e. The third-order valence-electron chi connectivity index (χ3n) is 1.64. The topological polar surface area (TPSA) is 43.4 Å². The summed E-state index contributed by atoms with van der Waals surface area (Å²) >= 11 is 0. The summed E-state index contributed by atoms with van der Waals surface area (Å²) in [6.45, 7) is 0. The van der Waals surface area contributed by atoms with Gasteiger partial charge >= 0.3 is 5.97 Å². The molecule has 0 heterocycles. The van der Waals surface area contributed by atoms with E-state index in [-0.39, 0.29) is 6.29 Å². The Hall–Kier alpha value is -1.78. The fourth-order valence-electron chi connectivity index (χ4n) is 0.923. The van der Waals surface area contributed by atoms with Gasteiger partial charge in [0.05, 0.1) is 18.2 Å². The molecule has 0 unspecified atom stereocenters. The Labute approximate surface area is 78.3 Å². The van der Waals surface area contributed by atoms with Crippen molar-refractivity contribution in [2.45, 2.75) is 0 Å². The first kappa shape index (κ1) is 10.3. The first-order valence-corrected chi connectivity index (χ1v) is 3.63. The molecule has 0 radical (unpaired) electrons. The average molecular weight is 200 g/mol. The Morgan fingerprint density at radius 1 is 1.36 bits per heavy atom. The van der Waals surface area contributed by atoms with Crippen LogP contribution in [-0.4, -0.2) is 19.4 Å². The summed E-state index contributed by atoms with van der Waals surface area (Å²) in [5.74, 6) is -3.71. The van der Waals surface area contributed by atoms with E-state index in [1.165, 1.54) is 0 Å². The van der Waals surface area contributed by atoms with Crippen LogP contribution in [0.3, 0.4) is 0 Å². The number of hydrogen-bond donors (Lipinski definition) is 0. The predicted molar refractivity (Wildman–Crippen MR) is 43.1 cm³/mol. The van der Waals surface area contributed by atoms with Gasteiger partial charge in [-0.25, -0.2) is 13.6 Å². The largest absolute Gasteiger partial charge is 0.465 e. The van der Waals surface area contributed by atoms with Gasteiger partial charge < -0.3 is 4.74 Å². The van der Waals surface area contributed by atoms with E-state index < -0.39 is 28.7 Å². The molecule has 0 aliphatic heterocycles. The maximum absolute atomic E-state index is 13.1. The van der Waals surface area contributed by atoms with Crippen molar-refractivity contribution in [3.8, 4) is 0 Å². The van der Waals surface area contributed by atoms with Crippen LogP contribution in [0, 0.1) is 11.6 Å². The molecule has 0 saturated carbocycles. The van der Waals surface area contributed by atoms with E-state index in [2.05, 4.69) is 4.74 Å². The van der Waals surface area contributed by atoms with E-state index in [1.54, 1.807) is 0 Å². The molecule has 0 N–H and O–H groups in total. The van der Waals surface area contributed by atoms with Crippen molar-refractivity contribution in [2.24, 2.45) is 0 Å². The molecule has 3 nitrogen and oxygen atoms in total. The van der Waals surface area contributed by atoms with Gasteiger partial charge in [-0.3, -0.25) is 4.79 Å². The number of ether oxygens (including phenoxy) is 1. The molecule has 0 amide bonds. The normalized spacial score (nSPS) is 9.64. The van der Waals surface area contributed by atoms with E-state index in [0.717, 1.165) is 19.2 Å². The van der Waals surface area contributed by atoms with Gasteiger partial charge in [0, 0.05) is 0 Å². The Balaban J connectivity index is 3.30. The van der Waals surface area contributed by atoms with Crippen molar-refractivity contribution >= 4 is 12.3 Å². The van der Waals surface area contributed by atoms with E-state index >= 15 is 0 Å². The monoisotopic (exact) mass is 200 g/mol. The first-order chi connectivity index (χ1) is 6.61. The van der Waals surface area contributed by atoms with Crippen LogP contribution in [0.15, 0.2) is 12.1 Å². The Bertz CT molecular complexity index is 388. The van der Waals surface area contributed by atoms with Gasteiger partial charge in [-0.2, -0.15) is 0 Å². The van der Waals surface area contributed by atoms with E-state index in [9.17, 15) is 18.4 Å². The number of methoxy groups -OCH3 is 1. The lowest BCUT2D eigenvalue weighted by Gasteiger charge is -2.02. The van der Waals surface area contributed by atoms with Gasteiger partial charge in [0.15, 0.2) is 17.9 Å². The number of rotatable bonds is 2. The van der Waals surface area contributed by atoms with Crippen LogP contribution in [0.2, 0.25) is 0 Å². The third-order valence-corrected chi connectivity index (χ3v) is 1.64. The lowest BCUT2D eigenvalue weighted by molar-refractivity contribution is 0.0594. The number of hydrogen-bond acceptors (Lipinski definition) is 3. The van der Waals surface area contributed by atoms with Crippen molar-refractivity contribution in [1.29, 1.82) is 0 Å². The van der Waals surface area contributed by atoms with E-state index in [4.69, 9.17) is 0 Å². The number of carbonyl (C=O) groups excluding carboxylic acids is 2. The van der Waals surface area contributed by atoms with Crippen molar-refractivity contribution in [3.63, 3.8) is 0 Å². The molecular weight excluding hydrogens is 194 g/mol. The minimum atomic E-state index is -1.37. The molecule has 0 aliphatic carbocycles. The number of esters is 1. The molecule has 0 saturated heterocycles. The SMILES string of the molecule is COC(=O)c1ccc(C=O)c(F)c1F. The van der Waals surface area contributed by atoms with Crippen LogP contribution < -0.4 is 0 Å². The molecule has 1 aromatic rings. The lowest BCUT2D eigenvalue weighted by atomic mass is 10.1. The van der Waals surface area contributed by atoms with Crippen molar-refractivity contribution in [1.82, 2.24) is 0 Å². The second-order valence-corrected chi connectivity index (χ2v) is 2.44. The highest BCUT2D eigenvalue weighted by Crippen LogP contribution is 2.15. The van der Waals surface area contributed by atoms with Crippen LogP contribution in [0.25, 0.3) is 0 Å². The summed E-state index contributed by atoms with van der Waals surface area (Å²) in [4.78, 5) is 21.1. The molecule has 74 valence electrons. The maximum Gasteiger partial charge on any atom is 0.340 e. The van der Waals surface area contributed by atoms with Crippen LogP contribution in [-0.2, 0) is 4.74 Å². The zero-order chi connectivity index (χ0) is 10.7. The van der Waals surface area contributed by atoms with Gasteiger partial charge in [0.2, 0.25) is 0 Å². The molecule has 0 bridgehead atoms. The molecule has 0 atom stereocenters. The minimum absolute atomic E-state index is 0.166. The third kappa shape index (κ3) is 1.61. The molecular formula is C9H6F2O3. The summed E-state index contributed by atoms with van der Waals surface area (Å²) in [7, 11) is 1.05. The van der Waals surface area contributed by atoms with Crippen molar-refractivity contribution in [2.75, 3.05) is 7.11 Å². The van der Waals surface area contributed by atoms with Crippen molar-refractivity contribution < 1.29 is 23.1 Å². The molecule has 5 heteroatoms. The summed E-state index contributed by atoms with van der Waals surface area (Å²) in [6.07, 6.45) is 0.166. The molecule has 0 spiro atoms. The second-order valence-electron chi connectivity index (χ2n) is 2.44. The molecule has 14 heavy (non-hydrogen) atoms. The first-order valence-electron chi connectivity index (χ1n) is 3.63. The van der Waals surface area contributed by atoms with Gasteiger partial charge in [-0.1, -0.05) is 0 Å². The summed E-state index contributed by atoms with van der Waals surface area (Å²) in [6, 6.07) is 2.01. The fourth-order valence-corrected chi connectivity index (χ4v) is 0.923. The second kappa shape index (κ2) is 3.95. The molecule has 1 rings (SSSR count). The Morgan fingerprint density at radius 3 is 2.50 bits per heavy atom. The van der Waals surface area contributed by atoms with Crippen LogP contribution in [0.1, 0.15) is 20.7 Å². The highest BCUT2D eigenvalue weighted by molar-refractivity contribution is 5.90. The van der Waals surface area contributed by atoms with Gasteiger partial charge in [0.25, 0.3) is 0 Å². The molecule has 0 aliphatic rings. The average Bonchev–Trinajstić information content (AvgIpc) is 2.21. The fraction of sp³-hybridized carbons (Fsp3) is 0.111. The Morgan fingerprint density at radius 2 is 2.00 bits per heavy atom. The molecule has 0 fully saturated rings. The van der Waals surface area contributed by atoms with Crippen LogP contribution in [0.5, 0.6) is 0 Å². The highest BCUT2D eigenvalue weighted by Gasteiger charge is 2.18. The highest BCUT2D eigenvalue weighted by atomic mass is 19.2. The maximum atomic E-state index is 13.1. The van der Waals surface area contributed by atoms with Gasteiger partial charge in [-0.15, -0.1) is 0 Å². The van der Waals surface area contributed by atoms with Crippen LogP contribution in [0.4, 0.5) is 8.78 Å². The van der Waals surface area contributed by atoms with Gasteiger partial charge in [0.1, 0.15) is 0 Å². The summed E-state index contributed by atoms with van der Waals surface area (Å²) < 4.78 is 30.2. The van der Waals surface area contributed by atoms with E-state index in [1.807, 2.05) is 0 Å². The van der Waals surface area contributed by atoms with Crippen molar-refractivity contribution in [3.05, 3.63) is 34.9 Å². The number of benzene rings is 1. The zero-order valence-electron chi connectivity index (χ0n) is 7.21. The zero-order valence-corrected chi connectivity index (χ0v) is 7.21. The van der Waals surface area contributed by atoms with Crippen LogP contribution >= 0.6 is 0 Å². The Kier molecular flexibility index (Phi) is 2.91. The van der Waals surface area contributed by atoms with E-state index in [0.29, 0.717) is 0 Å². The van der Waals surface area contributed by atoms with Gasteiger partial charge in [-0.05, 0) is 12.1 Å². The number of carbonyl (C=O) groups is 2.